The Kier molecular flexibility index (Phi) is 25.3. The number of primary amides is 3. The number of likely N-dealkylation sites (tertiary alicyclic amines) is 1. The largest absolute Gasteiger partial charge is 0.370 e. The lowest BCUT2D eigenvalue weighted by atomic mass is 9.96. The first-order chi connectivity index (χ1) is 34.0. The van der Waals surface area contributed by atoms with Crippen LogP contribution in [0.4, 0.5) is 5.69 Å². The van der Waals surface area contributed by atoms with Gasteiger partial charge in [0.1, 0.15) is 42.3 Å². The van der Waals surface area contributed by atoms with Crippen molar-refractivity contribution < 1.29 is 57.5 Å². The summed E-state index contributed by atoms with van der Waals surface area (Å²) in [5.41, 5.74) is 17.2. The van der Waals surface area contributed by atoms with Gasteiger partial charge < -0.3 is 64.6 Å². The van der Waals surface area contributed by atoms with Gasteiger partial charge in [-0.25, -0.2) is 0 Å². The van der Waals surface area contributed by atoms with Crippen molar-refractivity contribution in [1.82, 2.24) is 42.1 Å². The highest BCUT2D eigenvalue weighted by Gasteiger charge is 2.41. The van der Waals surface area contributed by atoms with Gasteiger partial charge in [-0.2, -0.15) is 0 Å². The van der Waals surface area contributed by atoms with Gasteiger partial charge >= 0.3 is 0 Å². The van der Waals surface area contributed by atoms with Crippen LogP contribution in [0.1, 0.15) is 84.6 Å². The minimum absolute atomic E-state index is 0.0498. The van der Waals surface area contributed by atoms with Crippen LogP contribution in [0, 0.1) is 11.8 Å². The predicted molar refractivity (Wildman–Crippen MR) is 272 cm³/mol. The van der Waals surface area contributed by atoms with Crippen LogP contribution in [0.25, 0.3) is 0 Å². The van der Waals surface area contributed by atoms with Crippen LogP contribution in [0.15, 0.2) is 24.3 Å². The van der Waals surface area contributed by atoms with E-state index in [0.717, 1.165) is 21.6 Å². The predicted octanol–water partition coefficient (Wildman–Crippen LogP) is -1.92. The lowest BCUT2D eigenvalue weighted by Crippen LogP contribution is -2.61. The van der Waals surface area contributed by atoms with Gasteiger partial charge in [0.15, 0.2) is 0 Å². The molecule has 24 nitrogen and oxygen atoms in total. The number of carbonyl (C=O) groups excluding carboxylic acids is 12. The normalized spacial score (nSPS) is 22.6. The molecule has 0 saturated carbocycles. The number of rotatable bonds is 19. The van der Waals surface area contributed by atoms with Crippen LogP contribution >= 0.6 is 37.5 Å². The van der Waals surface area contributed by atoms with Gasteiger partial charge in [-0.3, -0.25) is 57.5 Å². The van der Waals surface area contributed by atoms with E-state index >= 15 is 0 Å². The van der Waals surface area contributed by atoms with E-state index in [9.17, 15) is 57.5 Å². The van der Waals surface area contributed by atoms with E-state index in [2.05, 4.69) is 58.5 Å². The van der Waals surface area contributed by atoms with Crippen molar-refractivity contribution in [3.63, 3.8) is 0 Å². The van der Waals surface area contributed by atoms with Crippen molar-refractivity contribution in [2.45, 2.75) is 128 Å². The smallest absolute Gasteiger partial charge is 0.246 e. The Labute approximate surface area is 433 Å². The molecule has 14 N–H and O–H groups in total. The van der Waals surface area contributed by atoms with E-state index in [4.69, 9.17) is 17.2 Å². The molecule has 2 heterocycles. The summed E-state index contributed by atoms with van der Waals surface area (Å²) in [6.45, 7) is 6.67. The van der Waals surface area contributed by atoms with E-state index < -0.39 is 133 Å². The summed E-state index contributed by atoms with van der Waals surface area (Å²) in [5.74, 6) is -9.95. The number of nitrogens with two attached hydrogens (primary N) is 3. The van der Waals surface area contributed by atoms with Gasteiger partial charge in [0.25, 0.3) is 0 Å². The summed E-state index contributed by atoms with van der Waals surface area (Å²) in [6.07, 6.45) is -0.700. The van der Waals surface area contributed by atoms with E-state index in [1.165, 1.54) is 4.90 Å². The van der Waals surface area contributed by atoms with Crippen LogP contribution in [0.3, 0.4) is 0 Å². The molecule has 27 heteroatoms. The second kappa shape index (κ2) is 30.2. The number of halogens is 1. The van der Waals surface area contributed by atoms with Crippen molar-refractivity contribution in [3.05, 3.63) is 29.8 Å². The Bertz CT molecular complexity index is 2160. The van der Waals surface area contributed by atoms with E-state index in [1.807, 2.05) is 13.8 Å². The summed E-state index contributed by atoms with van der Waals surface area (Å²) in [4.78, 5) is 160. The number of nitrogens with one attached hydrogen (secondary N) is 8. The average Bonchev–Trinajstić information content (AvgIpc) is 3.82. The van der Waals surface area contributed by atoms with Crippen LogP contribution in [0.2, 0.25) is 0 Å². The minimum Gasteiger partial charge on any atom is -0.370 e. The first-order valence-electron chi connectivity index (χ1n) is 23.5. The molecule has 2 fully saturated rings. The first kappa shape index (κ1) is 60.3. The quantitative estimate of drug-likeness (QED) is 0.0532. The number of anilines is 1. The number of carbonyl (C=O) groups is 12. The standard InChI is InChI=1S/C45H67BrN12O12S2/c1-5-24(4)38-44(69)53-27(12-13-33(47)59)40(65)54-30(19-34(48)60)41(66)56-31(45(70)58-15-6-7-32(58)43(68)55-28(17-23(2)3)39(64)50-21-35(49)61)22-72-71-16-14-36(62)52-29(42(67)57-38)18-25-8-10-26(11-9-25)51-37(63)20-46/h8-11,23-24,27-32,38H,5-7,12-22H2,1-4H3,(H2,47,59)(H2,48,60)(H2,49,61)(H,50,64)(H,51,63)(H,52,62)(H,53,69)(H,54,65)(H,55,68)(H,56,66)(H,57,67)/t24?,27?,28-,29?,30?,31?,32-,38?/m0/s1. The van der Waals surface area contributed by atoms with Crippen molar-refractivity contribution in [3.8, 4) is 0 Å². The molecule has 1 aromatic carbocycles. The second-order valence-corrected chi connectivity index (χ2v) is 21.0. The molecule has 0 aliphatic carbocycles. The number of alkyl halides is 1. The summed E-state index contributed by atoms with van der Waals surface area (Å²) < 4.78 is 0. The number of hydrogen-bond acceptors (Lipinski definition) is 14. The zero-order chi connectivity index (χ0) is 53.7. The Morgan fingerprint density at radius 1 is 0.806 bits per heavy atom. The fourth-order valence-electron chi connectivity index (χ4n) is 7.61. The van der Waals surface area contributed by atoms with Crippen LogP contribution in [0.5, 0.6) is 0 Å². The highest BCUT2D eigenvalue weighted by Crippen LogP contribution is 2.26. The van der Waals surface area contributed by atoms with Gasteiger partial charge in [-0.15, -0.1) is 0 Å². The Morgan fingerprint density at radius 3 is 2.07 bits per heavy atom. The highest BCUT2D eigenvalue weighted by molar-refractivity contribution is 9.09. The molecule has 12 amide bonds. The topological polar surface area (TPSA) is 382 Å². The molecule has 2 saturated heterocycles. The fourth-order valence-corrected chi connectivity index (χ4v) is 9.90. The number of amides is 12. The summed E-state index contributed by atoms with van der Waals surface area (Å²) in [5, 5.41) is 20.8. The van der Waals surface area contributed by atoms with Gasteiger partial charge in [0.2, 0.25) is 70.9 Å². The van der Waals surface area contributed by atoms with Crippen molar-refractivity contribution in [2.75, 3.05) is 35.2 Å². The molecule has 6 unspecified atom stereocenters. The second-order valence-electron chi connectivity index (χ2n) is 17.9. The molecular formula is C45H67BrN12O12S2. The minimum atomic E-state index is -1.74. The van der Waals surface area contributed by atoms with Gasteiger partial charge in [-0.1, -0.05) is 83.8 Å². The molecule has 72 heavy (non-hydrogen) atoms. The summed E-state index contributed by atoms with van der Waals surface area (Å²) in [7, 11) is 2.23. The Hall–Kier alpha value is -5.96. The van der Waals surface area contributed by atoms with Gasteiger partial charge in [0.05, 0.1) is 18.3 Å². The summed E-state index contributed by atoms with van der Waals surface area (Å²) >= 11 is 3.09. The average molecular weight is 1110 g/mol. The third-order valence-electron chi connectivity index (χ3n) is 11.6. The molecule has 0 aromatic heterocycles. The zero-order valence-electron chi connectivity index (χ0n) is 40.7. The van der Waals surface area contributed by atoms with Crippen LogP contribution in [-0.4, -0.2) is 148 Å². The summed E-state index contributed by atoms with van der Waals surface area (Å²) in [6, 6.07) is -2.92. The van der Waals surface area contributed by atoms with Gasteiger partial charge in [-0.05, 0) is 55.2 Å². The van der Waals surface area contributed by atoms with Crippen molar-refractivity contribution in [1.29, 1.82) is 0 Å². The maximum absolute atomic E-state index is 14.5. The van der Waals surface area contributed by atoms with E-state index in [0.29, 0.717) is 24.1 Å². The molecule has 0 spiro atoms. The fraction of sp³-hybridized carbons (Fsp3) is 0.600. The third-order valence-corrected chi connectivity index (χ3v) is 14.5. The Balaban J connectivity index is 2.03. The Morgan fingerprint density at radius 2 is 1.46 bits per heavy atom. The highest BCUT2D eigenvalue weighted by atomic mass is 79.9. The van der Waals surface area contributed by atoms with E-state index in [1.54, 1.807) is 38.1 Å². The molecule has 1 aromatic rings. The molecule has 0 radical (unpaired) electrons. The van der Waals surface area contributed by atoms with Crippen molar-refractivity contribution >= 4 is 114 Å². The van der Waals surface area contributed by atoms with Crippen molar-refractivity contribution in [2.24, 2.45) is 29.0 Å². The van der Waals surface area contributed by atoms with Crippen LogP contribution in [-0.2, 0) is 64.0 Å². The van der Waals surface area contributed by atoms with Gasteiger partial charge in [0, 0.05) is 43.0 Å². The monoisotopic (exact) mass is 1110 g/mol. The SMILES string of the molecule is CCC(C)C1NC(=O)C(Cc2ccc(NC(=O)CBr)cc2)NC(=O)CCSSCC(C(=O)N2CCC[C@H]2C(=O)N[C@@H](CC(C)C)C(=O)NCC(N)=O)NC(=O)C(CC(N)=O)NC(=O)C(CCC(N)=O)NC1=O. The first-order valence-corrected chi connectivity index (χ1v) is 27.1. The lowest BCUT2D eigenvalue weighted by Gasteiger charge is -2.31. The molecule has 398 valence electrons. The molecule has 2 aliphatic heterocycles. The molecular weight excluding hydrogens is 1040 g/mol. The maximum Gasteiger partial charge on any atom is 0.246 e. The molecule has 8 atom stereocenters. The number of hydrogen-bond donors (Lipinski definition) is 11. The maximum atomic E-state index is 14.5. The molecule has 3 rings (SSSR count). The number of nitrogens with zero attached hydrogens (tertiary/aromatic N) is 1. The number of benzene rings is 1. The lowest BCUT2D eigenvalue weighted by molar-refractivity contribution is -0.142. The third kappa shape index (κ3) is 20.3. The van der Waals surface area contributed by atoms with E-state index in [-0.39, 0.29) is 67.3 Å². The van der Waals surface area contributed by atoms with Crippen LogP contribution < -0.4 is 59.7 Å². The molecule has 2 aliphatic rings. The molecule has 0 bridgehead atoms. The zero-order valence-corrected chi connectivity index (χ0v) is 43.9.